The molecule has 104 valence electrons. The molecule has 1 atom stereocenters. The highest BCUT2D eigenvalue weighted by atomic mass is 35.5. The highest BCUT2D eigenvalue weighted by Gasteiger charge is 2.18. The largest absolute Gasteiger partial charge is 0.398 e. The SMILES string of the molecule is Cc1cc(N)c(Cl)cc1NC(=O)CC1CCCCO1. The zero-order valence-electron chi connectivity index (χ0n) is 11.0. The first kappa shape index (κ1) is 14.2. The molecule has 1 aliphatic rings. The average Bonchev–Trinajstić information content (AvgIpc) is 2.37. The molecular formula is C14H19ClN2O2. The van der Waals surface area contributed by atoms with Crippen molar-refractivity contribution in [3.05, 3.63) is 22.7 Å². The molecule has 0 aliphatic carbocycles. The lowest BCUT2D eigenvalue weighted by molar-refractivity contribution is -0.119. The predicted octanol–water partition coefficient (Wildman–Crippen LogP) is 3.13. The summed E-state index contributed by atoms with van der Waals surface area (Å²) < 4.78 is 5.55. The van der Waals surface area contributed by atoms with Gasteiger partial charge in [-0.3, -0.25) is 4.79 Å². The Labute approximate surface area is 118 Å². The van der Waals surface area contributed by atoms with Crippen molar-refractivity contribution in [2.24, 2.45) is 0 Å². The lowest BCUT2D eigenvalue weighted by atomic mass is 10.1. The molecule has 0 spiro atoms. The Hall–Kier alpha value is -1.26. The van der Waals surface area contributed by atoms with Gasteiger partial charge in [-0.25, -0.2) is 0 Å². The van der Waals surface area contributed by atoms with Gasteiger partial charge in [0.2, 0.25) is 5.91 Å². The lowest BCUT2D eigenvalue weighted by Gasteiger charge is -2.22. The van der Waals surface area contributed by atoms with E-state index in [1.54, 1.807) is 12.1 Å². The van der Waals surface area contributed by atoms with Crippen molar-refractivity contribution in [1.82, 2.24) is 0 Å². The summed E-state index contributed by atoms with van der Waals surface area (Å²) >= 11 is 5.96. The average molecular weight is 283 g/mol. The van der Waals surface area contributed by atoms with Gasteiger partial charge < -0.3 is 15.8 Å². The monoisotopic (exact) mass is 282 g/mol. The first-order valence-electron chi connectivity index (χ1n) is 6.53. The summed E-state index contributed by atoms with van der Waals surface area (Å²) in [4.78, 5) is 12.0. The maximum atomic E-state index is 12.0. The Morgan fingerprint density at radius 1 is 1.53 bits per heavy atom. The molecule has 2 rings (SSSR count). The number of anilines is 2. The van der Waals surface area contributed by atoms with Gasteiger partial charge in [-0.2, -0.15) is 0 Å². The van der Waals surface area contributed by atoms with Crippen LogP contribution >= 0.6 is 11.6 Å². The second kappa shape index (κ2) is 6.26. The molecule has 19 heavy (non-hydrogen) atoms. The number of nitrogen functional groups attached to an aromatic ring is 1. The lowest BCUT2D eigenvalue weighted by Crippen LogP contribution is -2.25. The van der Waals surface area contributed by atoms with Gasteiger partial charge in [0.05, 0.1) is 23.2 Å². The van der Waals surface area contributed by atoms with E-state index in [9.17, 15) is 4.79 Å². The molecule has 1 saturated heterocycles. The van der Waals surface area contributed by atoms with Crippen LogP contribution in [-0.4, -0.2) is 18.6 Å². The summed E-state index contributed by atoms with van der Waals surface area (Å²) in [5.41, 5.74) is 7.84. The molecule has 1 heterocycles. The van der Waals surface area contributed by atoms with Crippen molar-refractivity contribution < 1.29 is 9.53 Å². The van der Waals surface area contributed by atoms with E-state index in [0.717, 1.165) is 31.4 Å². The van der Waals surface area contributed by atoms with Crippen LogP contribution in [0.1, 0.15) is 31.2 Å². The first-order valence-corrected chi connectivity index (χ1v) is 6.91. The molecule has 1 aromatic rings. The van der Waals surface area contributed by atoms with Gasteiger partial charge in [0.25, 0.3) is 0 Å². The molecule has 1 aliphatic heterocycles. The van der Waals surface area contributed by atoms with Crippen LogP contribution in [-0.2, 0) is 9.53 Å². The number of carbonyl (C=O) groups excluding carboxylic acids is 1. The second-order valence-corrected chi connectivity index (χ2v) is 5.34. The van der Waals surface area contributed by atoms with Crippen LogP contribution in [0, 0.1) is 6.92 Å². The Balaban J connectivity index is 1.96. The molecule has 0 aromatic heterocycles. The van der Waals surface area contributed by atoms with E-state index in [-0.39, 0.29) is 12.0 Å². The van der Waals surface area contributed by atoms with Crippen LogP contribution < -0.4 is 11.1 Å². The van der Waals surface area contributed by atoms with Crippen molar-refractivity contribution in [2.45, 2.75) is 38.7 Å². The summed E-state index contributed by atoms with van der Waals surface area (Å²) in [5.74, 6) is -0.0455. The summed E-state index contributed by atoms with van der Waals surface area (Å²) in [5, 5.41) is 3.32. The molecule has 0 bridgehead atoms. The fourth-order valence-electron chi connectivity index (χ4n) is 2.21. The first-order chi connectivity index (χ1) is 9.06. The zero-order valence-corrected chi connectivity index (χ0v) is 11.8. The molecular weight excluding hydrogens is 264 g/mol. The van der Waals surface area contributed by atoms with Crippen LogP contribution in [0.2, 0.25) is 5.02 Å². The highest BCUT2D eigenvalue weighted by molar-refractivity contribution is 6.33. The molecule has 3 N–H and O–H groups in total. The zero-order chi connectivity index (χ0) is 13.8. The number of halogens is 1. The third kappa shape index (κ3) is 3.85. The smallest absolute Gasteiger partial charge is 0.226 e. The van der Waals surface area contributed by atoms with Gasteiger partial charge in [-0.15, -0.1) is 0 Å². The third-order valence-electron chi connectivity index (χ3n) is 3.30. The van der Waals surface area contributed by atoms with Gasteiger partial charge >= 0.3 is 0 Å². The number of amides is 1. The maximum Gasteiger partial charge on any atom is 0.226 e. The predicted molar refractivity (Wildman–Crippen MR) is 77.4 cm³/mol. The van der Waals surface area contributed by atoms with Gasteiger partial charge in [-0.05, 0) is 43.9 Å². The topological polar surface area (TPSA) is 64.3 Å². The van der Waals surface area contributed by atoms with E-state index < -0.39 is 0 Å². The fraction of sp³-hybridized carbons (Fsp3) is 0.500. The van der Waals surface area contributed by atoms with Crippen LogP contribution in [0.15, 0.2) is 12.1 Å². The maximum absolute atomic E-state index is 12.0. The Morgan fingerprint density at radius 3 is 3.00 bits per heavy atom. The summed E-state index contributed by atoms with van der Waals surface area (Å²) in [7, 11) is 0. The number of hydrogen-bond acceptors (Lipinski definition) is 3. The summed E-state index contributed by atoms with van der Waals surface area (Å²) in [6, 6.07) is 3.45. The third-order valence-corrected chi connectivity index (χ3v) is 3.63. The van der Waals surface area contributed by atoms with Crippen molar-refractivity contribution in [2.75, 3.05) is 17.7 Å². The molecule has 0 radical (unpaired) electrons. The van der Waals surface area contributed by atoms with E-state index >= 15 is 0 Å². The molecule has 0 saturated carbocycles. The van der Waals surface area contributed by atoms with Crippen LogP contribution in [0.5, 0.6) is 0 Å². The van der Waals surface area contributed by atoms with E-state index in [1.807, 2.05) is 6.92 Å². The summed E-state index contributed by atoms with van der Waals surface area (Å²) in [6.07, 6.45) is 3.60. The Kier molecular flexibility index (Phi) is 4.66. The number of hydrogen-bond donors (Lipinski definition) is 2. The van der Waals surface area contributed by atoms with Crippen molar-refractivity contribution >= 4 is 28.9 Å². The normalized spacial score (nSPS) is 19.2. The van der Waals surface area contributed by atoms with Gasteiger partial charge in [0.15, 0.2) is 0 Å². The Morgan fingerprint density at radius 2 is 2.32 bits per heavy atom. The molecule has 1 aromatic carbocycles. The fourth-order valence-corrected chi connectivity index (χ4v) is 2.38. The standard InChI is InChI=1S/C14H19ClN2O2/c1-9-6-12(16)11(15)8-13(9)17-14(18)7-10-4-2-3-5-19-10/h6,8,10H,2-5,7,16H2,1H3,(H,17,18). The number of ether oxygens (including phenoxy) is 1. The number of aryl methyl sites for hydroxylation is 1. The minimum absolute atomic E-state index is 0.0401. The van der Waals surface area contributed by atoms with Crippen molar-refractivity contribution in [3.8, 4) is 0 Å². The number of nitrogens with one attached hydrogen (secondary N) is 1. The van der Waals surface area contributed by atoms with Crippen LogP contribution in [0.3, 0.4) is 0 Å². The number of rotatable bonds is 3. The van der Waals surface area contributed by atoms with E-state index in [0.29, 0.717) is 22.8 Å². The molecule has 5 heteroatoms. The molecule has 1 amide bonds. The minimum Gasteiger partial charge on any atom is -0.398 e. The number of benzene rings is 1. The van der Waals surface area contributed by atoms with Crippen LogP contribution in [0.4, 0.5) is 11.4 Å². The van der Waals surface area contributed by atoms with Crippen molar-refractivity contribution in [1.29, 1.82) is 0 Å². The van der Waals surface area contributed by atoms with E-state index in [4.69, 9.17) is 22.1 Å². The molecule has 1 fully saturated rings. The second-order valence-electron chi connectivity index (χ2n) is 4.93. The van der Waals surface area contributed by atoms with Gasteiger partial charge in [0, 0.05) is 12.3 Å². The van der Waals surface area contributed by atoms with E-state index in [2.05, 4.69) is 5.32 Å². The van der Waals surface area contributed by atoms with Gasteiger partial charge in [0.1, 0.15) is 0 Å². The number of nitrogens with two attached hydrogens (primary N) is 1. The van der Waals surface area contributed by atoms with E-state index in [1.165, 1.54) is 0 Å². The quantitative estimate of drug-likeness (QED) is 0.837. The highest BCUT2D eigenvalue weighted by Crippen LogP contribution is 2.27. The number of carbonyl (C=O) groups is 1. The van der Waals surface area contributed by atoms with Crippen LogP contribution in [0.25, 0.3) is 0 Å². The summed E-state index contributed by atoms with van der Waals surface area (Å²) in [6.45, 7) is 2.64. The molecule has 1 unspecified atom stereocenters. The van der Waals surface area contributed by atoms with Crippen molar-refractivity contribution in [3.63, 3.8) is 0 Å². The molecule has 4 nitrogen and oxygen atoms in total. The van der Waals surface area contributed by atoms with Gasteiger partial charge in [-0.1, -0.05) is 11.6 Å². The minimum atomic E-state index is -0.0455. The Bertz CT molecular complexity index is 471.